The van der Waals surface area contributed by atoms with E-state index in [-0.39, 0.29) is 11.1 Å². The van der Waals surface area contributed by atoms with Crippen LogP contribution in [0.3, 0.4) is 0 Å². The van der Waals surface area contributed by atoms with Crippen LogP contribution in [0.5, 0.6) is 0 Å². The minimum absolute atomic E-state index is 0.276. The summed E-state index contributed by atoms with van der Waals surface area (Å²) in [5.74, 6) is 1.85. The second kappa shape index (κ2) is 14.3. The summed E-state index contributed by atoms with van der Waals surface area (Å²) >= 11 is 0. The van der Waals surface area contributed by atoms with Gasteiger partial charge in [0.2, 0.25) is 0 Å². The highest BCUT2D eigenvalue weighted by molar-refractivity contribution is 9.09. The van der Waals surface area contributed by atoms with Crippen LogP contribution in [0.2, 0.25) is 11.1 Å². The standard InChI is InChI=1S/C14H34O6S3Si2/c1-9-13(24(15-3,16-4)17-5)11-21-23-22-12-14(10-2)25(18-6,19-7)20-8/h13-14H,9-12H2,1-8H3. The van der Waals surface area contributed by atoms with E-state index in [1.807, 2.05) is 21.6 Å². The first-order valence-electron chi connectivity index (χ1n) is 8.21. The maximum Gasteiger partial charge on any atom is 0.504 e. The van der Waals surface area contributed by atoms with E-state index in [0.29, 0.717) is 0 Å². The number of rotatable bonds is 16. The first-order chi connectivity index (χ1) is 12.0. The third kappa shape index (κ3) is 7.29. The Morgan fingerprint density at radius 1 is 0.600 bits per heavy atom. The molecular weight excluding hydrogens is 417 g/mol. The lowest BCUT2D eigenvalue weighted by Crippen LogP contribution is -2.48. The van der Waals surface area contributed by atoms with Crippen molar-refractivity contribution in [3.63, 3.8) is 0 Å². The quantitative estimate of drug-likeness (QED) is 0.194. The predicted octanol–water partition coefficient (Wildman–Crippen LogP) is 4.33. The topological polar surface area (TPSA) is 55.4 Å². The Kier molecular flexibility index (Phi) is 15.0. The van der Waals surface area contributed by atoms with E-state index in [9.17, 15) is 0 Å². The van der Waals surface area contributed by atoms with Crippen molar-refractivity contribution >= 4 is 49.0 Å². The van der Waals surface area contributed by atoms with E-state index in [0.717, 1.165) is 24.3 Å². The first kappa shape index (κ1) is 26.2. The molecule has 0 aromatic heterocycles. The smallest absolute Gasteiger partial charge is 0.377 e. The van der Waals surface area contributed by atoms with E-state index < -0.39 is 17.6 Å². The number of hydrogen-bond donors (Lipinski definition) is 0. The molecule has 0 rings (SSSR count). The van der Waals surface area contributed by atoms with Gasteiger partial charge in [-0.3, -0.25) is 0 Å². The molecule has 0 spiro atoms. The van der Waals surface area contributed by atoms with E-state index in [4.69, 9.17) is 26.6 Å². The summed E-state index contributed by atoms with van der Waals surface area (Å²) < 4.78 is 33.7. The third-order valence-corrected chi connectivity index (χ3v) is 16.0. The van der Waals surface area contributed by atoms with Gasteiger partial charge in [0.15, 0.2) is 0 Å². The average Bonchev–Trinajstić information content (AvgIpc) is 2.67. The molecule has 0 saturated heterocycles. The van der Waals surface area contributed by atoms with Crippen molar-refractivity contribution in [2.45, 2.75) is 37.8 Å². The van der Waals surface area contributed by atoms with Crippen molar-refractivity contribution in [3.05, 3.63) is 0 Å². The van der Waals surface area contributed by atoms with Gasteiger partial charge in [-0.1, -0.05) is 35.4 Å². The molecule has 0 bridgehead atoms. The highest BCUT2D eigenvalue weighted by atomic mass is 33.5. The Labute approximate surface area is 167 Å². The van der Waals surface area contributed by atoms with Crippen molar-refractivity contribution < 1.29 is 26.6 Å². The van der Waals surface area contributed by atoms with E-state index >= 15 is 0 Å². The van der Waals surface area contributed by atoms with Crippen LogP contribution in [0.25, 0.3) is 0 Å². The van der Waals surface area contributed by atoms with Crippen LogP contribution in [-0.4, -0.2) is 71.8 Å². The summed E-state index contributed by atoms with van der Waals surface area (Å²) in [5.41, 5.74) is 0.552. The fourth-order valence-corrected chi connectivity index (χ4v) is 13.7. The Morgan fingerprint density at radius 3 is 1.08 bits per heavy atom. The van der Waals surface area contributed by atoms with Gasteiger partial charge in [-0.05, 0) is 22.7 Å². The van der Waals surface area contributed by atoms with Gasteiger partial charge >= 0.3 is 17.6 Å². The van der Waals surface area contributed by atoms with Crippen LogP contribution >= 0.6 is 31.4 Å². The van der Waals surface area contributed by atoms with Crippen molar-refractivity contribution in [2.75, 3.05) is 54.2 Å². The zero-order valence-corrected chi connectivity index (χ0v) is 21.1. The maximum absolute atomic E-state index is 5.61. The lowest BCUT2D eigenvalue weighted by atomic mass is 10.4. The molecule has 0 aromatic carbocycles. The highest BCUT2D eigenvalue weighted by Gasteiger charge is 2.47. The van der Waals surface area contributed by atoms with Crippen LogP contribution < -0.4 is 0 Å². The van der Waals surface area contributed by atoms with E-state index in [1.54, 1.807) is 52.5 Å². The van der Waals surface area contributed by atoms with Crippen molar-refractivity contribution in [1.29, 1.82) is 0 Å². The molecule has 0 radical (unpaired) electrons. The molecule has 0 aliphatic rings. The van der Waals surface area contributed by atoms with Crippen molar-refractivity contribution in [3.8, 4) is 0 Å². The summed E-state index contributed by atoms with van der Waals surface area (Å²) in [4.78, 5) is 0. The molecule has 152 valence electrons. The van der Waals surface area contributed by atoms with Crippen molar-refractivity contribution in [1.82, 2.24) is 0 Å². The molecule has 0 heterocycles. The summed E-state index contributed by atoms with van der Waals surface area (Å²) in [6, 6.07) is 0. The Morgan fingerprint density at radius 2 is 0.880 bits per heavy atom. The molecule has 0 N–H and O–H groups in total. The molecule has 0 amide bonds. The molecular formula is C14H34O6S3Si2. The van der Waals surface area contributed by atoms with Crippen LogP contribution in [0.15, 0.2) is 0 Å². The van der Waals surface area contributed by atoms with Gasteiger partial charge in [-0.2, -0.15) is 0 Å². The number of hydrogen-bond acceptors (Lipinski definition) is 9. The summed E-state index contributed by atoms with van der Waals surface area (Å²) in [7, 11) is 10.3. The van der Waals surface area contributed by atoms with Crippen LogP contribution in [0, 0.1) is 0 Å². The fourth-order valence-electron chi connectivity index (χ4n) is 2.69. The molecule has 11 heteroatoms. The second-order valence-electron chi connectivity index (χ2n) is 5.28. The molecule has 2 unspecified atom stereocenters. The molecule has 0 saturated carbocycles. The first-order valence-corrected chi connectivity index (χ1v) is 15.6. The normalized spacial score (nSPS) is 15.4. The Bertz CT molecular complexity index is 289. The van der Waals surface area contributed by atoms with Crippen molar-refractivity contribution in [2.24, 2.45) is 0 Å². The van der Waals surface area contributed by atoms with E-state index in [1.165, 1.54) is 0 Å². The minimum Gasteiger partial charge on any atom is -0.377 e. The van der Waals surface area contributed by atoms with Crippen LogP contribution in [0.1, 0.15) is 26.7 Å². The van der Waals surface area contributed by atoms with Gasteiger partial charge in [0, 0.05) is 65.2 Å². The molecule has 6 nitrogen and oxygen atoms in total. The second-order valence-corrected chi connectivity index (χ2v) is 16.1. The lowest BCUT2D eigenvalue weighted by Gasteiger charge is -2.32. The highest BCUT2D eigenvalue weighted by Crippen LogP contribution is 2.43. The van der Waals surface area contributed by atoms with Gasteiger partial charge in [-0.25, -0.2) is 0 Å². The summed E-state index contributed by atoms with van der Waals surface area (Å²) in [6.45, 7) is 4.29. The monoisotopic (exact) mass is 450 g/mol. The Hall–Kier alpha value is 1.24. The molecule has 25 heavy (non-hydrogen) atoms. The molecule has 0 aromatic rings. The SMILES string of the molecule is CCC(CSSSCC(CC)[Si](OC)(OC)OC)[Si](OC)(OC)OC. The Balaban J connectivity index is 4.47. The maximum atomic E-state index is 5.61. The van der Waals surface area contributed by atoms with Crippen LogP contribution in [-0.2, 0) is 26.6 Å². The predicted molar refractivity (Wildman–Crippen MR) is 114 cm³/mol. The fraction of sp³-hybridized carbons (Fsp3) is 1.00. The zero-order valence-electron chi connectivity index (χ0n) is 16.7. The average molecular weight is 451 g/mol. The zero-order chi connectivity index (χ0) is 19.3. The lowest BCUT2D eigenvalue weighted by molar-refractivity contribution is 0.112. The largest absolute Gasteiger partial charge is 0.504 e. The molecule has 0 fully saturated rings. The van der Waals surface area contributed by atoms with Gasteiger partial charge in [0.25, 0.3) is 0 Å². The minimum atomic E-state index is -2.58. The summed E-state index contributed by atoms with van der Waals surface area (Å²) in [6.07, 6.45) is 1.93. The van der Waals surface area contributed by atoms with Gasteiger partial charge in [-0.15, -0.1) is 0 Å². The van der Waals surface area contributed by atoms with Gasteiger partial charge in [0.05, 0.1) is 0 Å². The summed E-state index contributed by atoms with van der Waals surface area (Å²) in [5, 5.41) is 0. The third-order valence-electron chi connectivity index (χ3n) is 4.33. The van der Waals surface area contributed by atoms with Crippen LogP contribution in [0.4, 0.5) is 0 Å². The molecule has 2 atom stereocenters. The van der Waals surface area contributed by atoms with Gasteiger partial charge < -0.3 is 26.6 Å². The molecule has 0 aliphatic carbocycles. The van der Waals surface area contributed by atoms with Gasteiger partial charge in [0.1, 0.15) is 0 Å². The molecule has 0 aliphatic heterocycles. The van der Waals surface area contributed by atoms with E-state index in [2.05, 4.69) is 13.8 Å².